The van der Waals surface area contributed by atoms with Crippen molar-refractivity contribution in [2.75, 3.05) is 0 Å². The molecule has 2 N–H and O–H groups in total. The molecule has 0 aliphatic carbocycles. The molecule has 0 bridgehead atoms. The molecule has 21 heavy (non-hydrogen) atoms. The summed E-state index contributed by atoms with van der Waals surface area (Å²) in [5.41, 5.74) is 7.42. The van der Waals surface area contributed by atoms with Crippen molar-refractivity contribution in [2.45, 2.75) is 20.8 Å². The zero-order valence-electron chi connectivity index (χ0n) is 12.1. The van der Waals surface area contributed by atoms with Crippen molar-refractivity contribution >= 4 is 23.2 Å². The average molecular weight is 319 g/mol. The van der Waals surface area contributed by atoms with E-state index in [9.17, 15) is 0 Å². The number of benzene rings is 1. The van der Waals surface area contributed by atoms with E-state index in [0.29, 0.717) is 10.2 Å². The number of halogens is 2. The maximum absolute atomic E-state index is 6.58. The number of hydrogen-bond donors (Lipinski definition) is 2. The topological polar surface area (TPSA) is 31.6 Å². The first kappa shape index (κ1) is 14.3. The van der Waals surface area contributed by atoms with Gasteiger partial charge in [-0.25, -0.2) is 0 Å². The fraction of sp³-hybridized carbons (Fsp3) is 0.176. The summed E-state index contributed by atoms with van der Waals surface area (Å²) in [6.45, 7) is 6.33. The van der Waals surface area contributed by atoms with Crippen LogP contribution in [-0.4, -0.2) is 9.97 Å². The summed E-state index contributed by atoms with van der Waals surface area (Å²) in [6.07, 6.45) is 1.86. The normalized spacial score (nSPS) is 11.1. The molecule has 2 heterocycles. The lowest BCUT2D eigenvalue weighted by Crippen LogP contribution is -1.90. The van der Waals surface area contributed by atoms with Crippen LogP contribution < -0.4 is 0 Å². The maximum Gasteiger partial charge on any atom is 0.116 e. The minimum atomic E-state index is 0.566. The molecule has 0 atom stereocenters. The SMILES string of the molecule is Cc1ccc(-c2c(Cl)[nH]c(-c3ccc[nH]3)c2Cl)c(C)c1C. The molecule has 0 amide bonds. The largest absolute Gasteiger partial charge is 0.360 e. The molecule has 3 aromatic rings. The van der Waals surface area contributed by atoms with Crippen LogP contribution >= 0.6 is 23.2 Å². The van der Waals surface area contributed by atoms with Crippen molar-refractivity contribution in [3.05, 3.63) is 57.3 Å². The second-order valence-corrected chi connectivity index (χ2v) is 6.02. The molecule has 3 rings (SSSR count). The summed E-state index contributed by atoms with van der Waals surface area (Å²) in [5.74, 6) is 0. The predicted octanol–water partition coefficient (Wildman–Crippen LogP) is 5.91. The highest BCUT2D eigenvalue weighted by atomic mass is 35.5. The summed E-state index contributed by atoms with van der Waals surface area (Å²) in [5, 5.41) is 1.21. The Morgan fingerprint density at radius 2 is 1.71 bits per heavy atom. The van der Waals surface area contributed by atoms with Crippen molar-refractivity contribution in [1.29, 1.82) is 0 Å². The van der Waals surface area contributed by atoms with Crippen LogP contribution in [0.2, 0.25) is 10.2 Å². The van der Waals surface area contributed by atoms with Crippen LogP contribution in [0.15, 0.2) is 30.5 Å². The first-order chi connectivity index (χ1) is 10.0. The number of H-pyrrole nitrogens is 2. The zero-order chi connectivity index (χ0) is 15.1. The summed E-state index contributed by atoms with van der Waals surface area (Å²) in [6, 6.07) is 8.08. The summed E-state index contributed by atoms with van der Waals surface area (Å²) in [7, 11) is 0. The molecular weight excluding hydrogens is 303 g/mol. The van der Waals surface area contributed by atoms with Gasteiger partial charge in [-0.1, -0.05) is 35.3 Å². The number of rotatable bonds is 2. The Morgan fingerprint density at radius 3 is 2.38 bits per heavy atom. The van der Waals surface area contributed by atoms with Gasteiger partial charge >= 0.3 is 0 Å². The van der Waals surface area contributed by atoms with Crippen LogP contribution in [0.1, 0.15) is 16.7 Å². The Balaban J connectivity index is 2.23. The monoisotopic (exact) mass is 318 g/mol. The van der Waals surface area contributed by atoms with E-state index in [1.54, 1.807) is 0 Å². The highest BCUT2D eigenvalue weighted by molar-refractivity contribution is 6.41. The van der Waals surface area contributed by atoms with Crippen molar-refractivity contribution in [2.24, 2.45) is 0 Å². The number of aromatic nitrogens is 2. The Kier molecular flexibility index (Phi) is 3.60. The van der Waals surface area contributed by atoms with Gasteiger partial charge in [-0.05, 0) is 55.2 Å². The average Bonchev–Trinajstić information content (AvgIpc) is 3.06. The Labute approximate surface area is 134 Å². The van der Waals surface area contributed by atoms with Gasteiger partial charge in [-0.15, -0.1) is 0 Å². The van der Waals surface area contributed by atoms with Gasteiger partial charge in [0.2, 0.25) is 0 Å². The molecule has 1 aromatic carbocycles. The first-order valence-electron chi connectivity index (χ1n) is 6.78. The lowest BCUT2D eigenvalue weighted by Gasteiger charge is -2.11. The van der Waals surface area contributed by atoms with E-state index < -0.39 is 0 Å². The molecule has 108 valence electrons. The van der Waals surface area contributed by atoms with Crippen LogP contribution in [0, 0.1) is 20.8 Å². The Morgan fingerprint density at radius 1 is 0.952 bits per heavy atom. The van der Waals surface area contributed by atoms with E-state index in [0.717, 1.165) is 22.5 Å². The predicted molar refractivity (Wildman–Crippen MR) is 90.2 cm³/mol. The van der Waals surface area contributed by atoms with Crippen LogP contribution in [0.5, 0.6) is 0 Å². The molecule has 0 saturated heterocycles. The van der Waals surface area contributed by atoms with Crippen molar-refractivity contribution < 1.29 is 0 Å². The number of nitrogens with one attached hydrogen (secondary N) is 2. The van der Waals surface area contributed by atoms with Gasteiger partial charge in [0.25, 0.3) is 0 Å². The molecule has 0 unspecified atom stereocenters. The third kappa shape index (κ3) is 2.29. The van der Waals surface area contributed by atoms with Gasteiger partial charge in [0.1, 0.15) is 5.15 Å². The Hall–Kier alpha value is -1.64. The molecule has 0 fully saturated rings. The molecule has 0 aliphatic heterocycles. The van der Waals surface area contributed by atoms with Gasteiger partial charge in [-0.3, -0.25) is 0 Å². The van der Waals surface area contributed by atoms with E-state index in [2.05, 4.69) is 42.9 Å². The molecule has 2 nitrogen and oxygen atoms in total. The minimum Gasteiger partial charge on any atom is -0.360 e. The Bertz CT molecular complexity index is 799. The van der Waals surface area contributed by atoms with Gasteiger partial charge in [0, 0.05) is 11.8 Å². The second-order valence-electron chi connectivity index (χ2n) is 5.27. The smallest absolute Gasteiger partial charge is 0.116 e. The van der Waals surface area contributed by atoms with E-state index >= 15 is 0 Å². The van der Waals surface area contributed by atoms with Gasteiger partial charge < -0.3 is 9.97 Å². The van der Waals surface area contributed by atoms with E-state index in [-0.39, 0.29) is 0 Å². The van der Waals surface area contributed by atoms with Crippen LogP contribution in [-0.2, 0) is 0 Å². The van der Waals surface area contributed by atoms with Gasteiger partial charge in [-0.2, -0.15) is 0 Å². The third-order valence-corrected chi connectivity index (χ3v) is 4.75. The van der Waals surface area contributed by atoms with E-state index in [4.69, 9.17) is 23.2 Å². The number of hydrogen-bond acceptors (Lipinski definition) is 0. The van der Waals surface area contributed by atoms with E-state index in [1.807, 2.05) is 18.3 Å². The van der Waals surface area contributed by atoms with Crippen molar-refractivity contribution in [3.63, 3.8) is 0 Å². The zero-order valence-corrected chi connectivity index (χ0v) is 13.7. The lowest BCUT2D eigenvalue weighted by molar-refractivity contribution is 1.27. The van der Waals surface area contributed by atoms with E-state index in [1.165, 1.54) is 16.7 Å². The highest BCUT2D eigenvalue weighted by Gasteiger charge is 2.20. The summed E-state index contributed by atoms with van der Waals surface area (Å²) < 4.78 is 0. The lowest BCUT2D eigenvalue weighted by atomic mass is 9.95. The molecule has 2 aromatic heterocycles. The van der Waals surface area contributed by atoms with Gasteiger partial charge in [0.15, 0.2) is 0 Å². The molecule has 0 saturated carbocycles. The number of aromatic amines is 2. The van der Waals surface area contributed by atoms with Gasteiger partial charge in [0.05, 0.1) is 16.4 Å². The molecule has 4 heteroatoms. The third-order valence-electron chi connectivity index (χ3n) is 4.09. The fourth-order valence-corrected chi connectivity index (χ4v) is 3.27. The van der Waals surface area contributed by atoms with Crippen molar-refractivity contribution in [3.8, 4) is 22.5 Å². The second kappa shape index (κ2) is 5.28. The van der Waals surface area contributed by atoms with Crippen LogP contribution in [0.3, 0.4) is 0 Å². The maximum atomic E-state index is 6.58. The molecular formula is C17H16Cl2N2. The molecule has 0 aliphatic rings. The summed E-state index contributed by atoms with van der Waals surface area (Å²) in [4.78, 5) is 6.32. The quantitative estimate of drug-likeness (QED) is 0.588. The fourth-order valence-electron chi connectivity index (χ4n) is 2.58. The van der Waals surface area contributed by atoms with Crippen molar-refractivity contribution in [1.82, 2.24) is 9.97 Å². The number of aryl methyl sites for hydroxylation is 1. The standard InChI is InChI=1S/C17H16Cl2N2/c1-9-6-7-12(11(3)10(9)2)14-15(18)16(21-17(14)19)13-5-4-8-20-13/h4-8,20-21H,1-3H3. The molecule has 0 spiro atoms. The molecule has 0 radical (unpaired) electrons. The first-order valence-corrected chi connectivity index (χ1v) is 7.54. The van der Waals surface area contributed by atoms with Crippen LogP contribution in [0.4, 0.5) is 0 Å². The summed E-state index contributed by atoms with van der Waals surface area (Å²) >= 11 is 13.0. The highest BCUT2D eigenvalue weighted by Crippen LogP contribution is 2.42. The minimum absolute atomic E-state index is 0.566. The van der Waals surface area contributed by atoms with Crippen LogP contribution in [0.25, 0.3) is 22.5 Å².